The monoisotopic (exact) mass is 294 g/mol. The van der Waals surface area contributed by atoms with E-state index < -0.39 is 0 Å². The second-order valence-corrected chi connectivity index (χ2v) is 5.95. The van der Waals surface area contributed by atoms with Crippen LogP contribution in [0.3, 0.4) is 0 Å². The first-order valence-electron chi connectivity index (χ1n) is 7.41. The lowest BCUT2D eigenvalue weighted by atomic mass is 9.93. The van der Waals surface area contributed by atoms with E-state index in [1.807, 2.05) is 31.2 Å². The molecule has 0 radical (unpaired) electrons. The number of carbonyl (C=O) groups excluding carboxylic acids is 1. The van der Waals surface area contributed by atoms with Crippen LogP contribution < -0.4 is 10.6 Å². The lowest BCUT2D eigenvalue weighted by Gasteiger charge is -2.22. The number of nitrogens with one attached hydrogen (secondary N) is 2. The molecule has 3 nitrogen and oxygen atoms in total. The zero-order chi connectivity index (χ0) is 14.4. The van der Waals surface area contributed by atoms with E-state index in [1.54, 1.807) is 0 Å². The third-order valence-electron chi connectivity index (χ3n) is 3.99. The molecule has 1 heterocycles. The Labute approximate surface area is 126 Å². The number of hydrogen-bond donors (Lipinski definition) is 2. The predicted molar refractivity (Wildman–Crippen MR) is 82.8 cm³/mol. The molecule has 2 rings (SSSR count). The molecule has 1 unspecified atom stereocenters. The van der Waals surface area contributed by atoms with Gasteiger partial charge in [0.1, 0.15) is 0 Å². The van der Waals surface area contributed by atoms with Crippen molar-refractivity contribution in [3.05, 3.63) is 34.9 Å². The van der Waals surface area contributed by atoms with E-state index in [2.05, 4.69) is 10.6 Å². The molecule has 4 heteroatoms. The van der Waals surface area contributed by atoms with Crippen LogP contribution in [-0.4, -0.2) is 19.0 Å². The third kappa shape index (κ3) is 4.50. The Morgan fingerprint density at radius 3 is 2.80 bits per heavy atom. The quantitative estimate of drug-likeness (QED) is 0.875. The summed E-state index contributed by atoms with van der Waals surface area (Å²) in [6.45, 7) is 4.15. The Balaban J connectivity index is 1.77. The van der Waals surface area contributed by atoms with Gasteiger partial charge in [-0.2, -0.15) is 0 Å². The molecular formula is C16H23ClN2O. The summed E-state index contributed by atoms with van der Waals surface area (Å²) in [6, 6.07) is 7.62. The van der Waals surface area contributed by atoms with Crippen LogP contribution in [-0.2, 0) is 4.79 Å². The molecule has 1 aliphatic heterocycles. The summed E-state index contributed by atoms with van der Waals surface area (Å²) in [5.74, 6) is 0.813. The molecule has 1 aromatic rings. The minimum absolute atomic E-state index is 0.0378. The maximum atomic E-state index is 12.0. The molecule has 1 fully saturated rings. The van der Waals surface area contributed by atoms with Crippen LogP contribution in [0.15, 0.2) is 24.3 Å². The van der Waals surface area contributed by atoms with Crippen LogP contribution in [0.25, 0.3) is 0 Å². The predicted octanol–water partition coefficient (Wildman–Crippen LogP) is 3.30. The van der Waals surface area contributed by atoms with E-state index in [1.165, 1.54) is 12.8 Å². The van der Waals surface area contributed by atoms with E-state index in [0.717, 1.165) is 25.1 Å². The number of carbonyl (C=O) groups is 1. The molecule has 1 saturated heterocycles. The SMILES string of the molecule is CC(NC(=O)CCC1CCNCC1)c1ccccc1Cl. The van der Waals surface area contributed by atoms with Crippen molar-refractivity contribution >= 4 is 17.5 Å². The molecule has 0 aliphatic carbocycles. The van der Waals surface area contributed by atoms with Crippen molar-refractivity contribution in [1.29, 1.82) is 0 Å². The molecular weight excluding hydrogens is 272 g/mol. The number of halogens is 1. The number of piperidine rings is 1. The van der Waals surface area contributed by atoms with Crippen molar-refractivity contribution < 1.29 is 4.79 Å². The molecule has 20 heavy (non-hydrogen) atoms. The van der Waals surface area contributed by atoms with Crippen molar-refractivity contribution in [1.82, 2.24) is 10.6 Å². The fourth-order valence-electron chi connectivity index (χ4n) is 2.72. The van der Waals surface area contributed by atoms with Crippen molar-refractivity contribution in [3.8, 4) is 0 Å². The van der Waals surface area contributed by atoms with Gasteiger partial charge in [-0.05, 0) is 56.8 Å². The second-order valence-electron chi connectivity index (χ2n) is 5.54. The summed E-state index contributed by atoms with van der Waals surface area (Å²) >= 11 is 6.14. The van der Waals surface area contributed by atoms with Crippen molar-refractivity contribution in [2.75, 3.05) is 13.1 Å². The van der Waals surface area contributed by atoms with E-state index in [-0.39, 0.29) is 11.9 Å². The van der Waals surface area contributed by atoms with Gasteiger partial charge in [-0.3, -0.25) is 4.79 Å². The fourth-order valence-corrected chi connectivity index (χ4v) is 3.02. The standard InChI is InChI=1S/C16H23ClN2O/c1-12(14-4-2-3-5-15(14)17)19-16(20)7-6-13-8-10-18-11-9-13/h2-5,12-13,18H,6-11H2,1H3,(H,19,20). The third-order valence-corrected chi connectivity index (χ3v) is 4.33. The van der Waals surface area contributed by atoms with Gasteiger partial charge in [-0.15, -0.1) is 0 Å². The van der Waals surface area contributed by atoms with Gasteiger partial charge >= 0.3 is 0 Å². The number of amides is 1. The summed E-state index contributed by atoms with van der Waals surface area (Å²) in [5.41, 5.74) is 0.976. The van der Waals surface area contributed by atoms with E-state index in [9.17, 15) is 4.79 Å². The van der Waals surface area contributed by atoms with Crippen LogP contribution in [0.2, 0.25) is 5.02 Å². The van der Waals surface area contributed by atoms with Crippen LogP contribution in [0.5, 0.6) is 0 Å². The molecule has 2 N–H and O–H groups in total. The van der Waals surface area contributed by atoms with Gasteiger partial charge in [0.05, 0.1) is 6.04 Å². The van der Waals surface area contributed by atoms with E-state index in [4.69, 9.17) is 11.6 Å². The highest BCUT2D eigenvalue weighted by molar-refractivity contribution is 6.31. The minimum Gasteiger partial charge on any atom is -0.350 e. The highest BCUT2D eigenvalue weighted by Gasteiger charge is 2.16. The van der Waals surface area contributed by atoms with Gasteiger partial charge in [0, 0.05) is 11.4 Å². The highest BCUT2D eigenvalue weighted by Crippen LogP contribution is 2.23. The zero-order valence-electron chi connectivity index (χ0n) is 12.0. The maximum Gasteiger partial charge on any atom is 0.220 e. The summed E-state index contributed by atoms with van der Waals surface area (Å²) < 4.78 is 0. The topological polar surface area (TPSA) is 41.1 Å². The molecule has 1 aromatic carbocycles. The first-order chi connectivity index (χ1) is 9.66. The normalized spacial score (nSPS) is 17.7. The highest BCUT2D eigenvalue weighted by atomic mass is 35.5. The van der Waals surface area contributed by atoms with Crippen LogP contribution in [0.1, 0.15) is 44.2 Å². The lowest BCUT2D eigenvalue weighted by molar-refractivity contribution is -0.122. The molecule has 0 saturated carbocycles. The average Bonchev–Trinajstić information content (AvgIpc) is 2.46. The van der Waals surface area contributed by atoms with Crippen LogP contribution >= 0.6 is 11.6 Å². The second kappa shape index (κ2) is 7.65. The van der Waals surface area contributed by atoms with Gasteiger partial charge in [0.2, 0.25) is 5.91 Å². The molecule has 1 aliphatic rings. The van der Waals surface area contributed by atoms with Crippen LogP contribution in [0, 0.1) is 5.92 Å². The average molecular weight is 295 g/mol. The molecule has 110 valence electrons. The number of rotatable bonds is 5. The fraction of sp³-hybridized carbons (Fsp3) is 0.562. The van der Waals surface area contributed by atoms with Gasteiger partial charge in [-0.1, -0.05) is 29.8 Å². The molecule has 1 amide bonds. The largest absolute Gasteiger partial charge is 0.350 e. The minimum atomic E-state index is -0.0378. The summed E-state index contributed by atoms with van der Waals surface area (Å²) in [4.78, 5) is 12.0. The maximum absolute atomic E-state index is 12.0. The zero-order valence-corrected chi connectivity index (χ0v) is 12.7. The Hall–Kier alpha value is -1.06. The molecule has 0 aromatic heterocycles. The Kier molecular flexibility index (Phi) is 5.86. The smallest absolute Gasteiger partial charge is 0.220 e. The summed E-state index contributed by atoms with van der Waals surface area (Å²) in [6.07, 6.45) is 3.98. The molecule has 0 spiro atoms. The van der Waals surface area contributed by atoms with E-state index in [0.29, 0.717) is 17.4 Å². The van der Waals surface area contributed by atoms with Crippen molar-refractivity contribution in [2.24, 2.45) is 5.92 Å². The summed E-state index contributed by atoms with van der Waals surface area (Å²) in [5, 5.41) is 7.09. The Morgan fingerprint density at radius 2 is 2.10 bits per heavy atom. The summed E-state index contributed by atoms with van der Waals surface area (Å²) in [7, 11) is 0. The first kappa shape index (κ1) is 15.3. The lowest BCUT2D eigenvalue weighted by Crippen LogP contribution is -2.30. The van der Waals surface area contributed by atoms with Crippen molar-refractivity contribution in [2.45, 2.75) is 38.6 Å². The molecule has 1 atom stereocenters. The molecule has 0 bridgehead atoms. The number of hydrogen-bond acceptors (Lipinski definition) is 2. The van der Waals surface area contributed by atoms with E-state index >= 15 is 0 Å². The Morgan fingerprint density at radius 1 is 1.40 bits per heavy atom. The van der Waals surface area contributed by atoms with Crippen molar-refractivity contribution in [3.63, 3.8) is 0 Å². The van der Waals surface area contributed by atoms with Gasteiger partial charge < -0.3 is 10.6 Å². The van der Waals surface area contributed by atoms with Crippen LogP contribution in [0.4, 0.5) is 0 Å². The first-order valence-corrected chi connectivity index (χ1v) is 7.79. The Bertz CT molecular complexity index is 444. The van der Waals surface area contributed by atoms with Gasteiger partial charge in [0.25, 0.3) is 0 Å². The van der Waals surface area contributed by atoms with Gasteiger partial charge in [-0.25, -0.2) is 0 Å². The van der Waals surface area contributed by atoms with Gasteiger partial charge in [0.15, 0.2) is 0 Å². The number of benzene rings is 1.